The van der Waals surface area contributed by atoms with E-state index < -0.39 is 29.2 Å². The van der Waals surface area contributed by atoms with Gasteiger partial charge >= 0.3 is 0 Å². The van der Waals surface area contributed by atoms with Crippen molar-refractivity contribution in [1.29, 1.82) is 0 Å². The summed E-state index contributed by atoms with van der Waals surface area (Å²) in [4.78, 5) is 52.5. The molecule has 17 heteroatoms. The number of thiazole rings is 1. The summed E-state index contributed by atoms with van der Waals surface area (Å²) in [6.45, 7) is 0.205. The van der Waals surface area contributed by atoms with Crippen molar-refractivity contribution in [1.82, 2.24) is 30.4 Å². The molecule has 4 N–H and O–H groups in total. The molecule has 14 nitrogen and oxygen atoms in total. The van der Waals surface area contributed by atoms with Crippen molar-refractivity contribution in [2.24, 2.45) is 5.16 Å². The van der Waals surface area contributed by atoms with E-state index in [1.165, 1.54) is 36.0 Å². The monoisotopic (exact) mass is 587 g/mol. The third-order valence-electron chi connectivity index (χ3n) is 5.84. The van der Waals surface area contributed by atoms with Crippen molar-refractivity contribution in [2.45, 2.75) is 23.1 Å². The van der Waals surface area contributed by atoms with Crippen LogP contribution in [0.15, 0.2) is 51.5 Å². The maximum atomic E-state index is 13.1. The van der Waals surface area contributed by atoms with Gasteiger partial charge in [-0.25, -0.2) is 14.5 Å². The van der Waals surface area contributed by atoms with E-state index in [1.54, 1.807) is 10.8 Å². The maximum absolute atomic E-state index is 13.1. The van der Waals surface area contributed by atoms with Crippen LogP contribution in [-0.4, -0.2) is 79.1 Å². The molecule has 0 saturated carbocycles. The number of H-pyrrole nitrogens is 1. The number of carboxylic acid groups (broad SMARTS) is 1. The van der Waals surface area contributed by atoms with Gasteiger partial charge in [-0.05, 0) is 12.3 Å². The van der Waals surface area contributed by atoms with Gasteiger partial charge in [-0.3, -0.25) is 19.6 Å². The summed E-state index contributed by atoms with van der Waals surface area (Å²) in [5.41, 5.74) is 6.77. The second-order valence-electron chi connectivity index (χ2n) is 8.23. The molecule has 2 atom stereocenters. The van der Waals surface area contributed by atoms with E-state index in [9.17, 15) is 19.5 Å². The number of fused-ring (bicyclic) bond motifs is 1. The molecule has 0 radical (unpaired) electrons. The Morgan fingerprint density at radius 3 is 2.92 bits per heavy atom. The summed E-state index contributed by atoms with van der Waals surface area (Å²) in [6, 6.07) is 2.70. The molecule has 2 aliphatic heterocycles. The number of anilines is 1. The zero-order valence-corrected chi connectivity index (χ0v) is 22.9. The number of carboxylic acids is 1. The molecule has 2 amide bonds. The number of aromatic nitrogens is 5. The van der Waals surface area contributed by atoms with E-state index in [-0.39, 0.29) is 28.8 Å². The third kappa shape index (κ3) is 5.19. The molecule has 3 aromatic heterocycles. The number of rotatable bonds is 9. The molecule has 3 aromatic rings. The fourth-order valence-electron chi connectivity index (χ4n) is 4.14. The van der Waals surface area contributed by atoms with Crippen molar-refractivity contribution in [2.75, 3.05) is 24.9 Å². The minimum absolute atomic E-state index is 0.151. The first kappa shape index (κ1) is 26.6. The van der Waals surface area contributed by atoms with Crippen LogP contribution in [0.3, 0.4) is 0 Å². The van der Waals surface area contributed by atoms with E-state index in [0.717, 1.165) is 21.8 Å². The van der Waals surface area contributed by atoms with Crippen LogP contribution in [0.2, 0.25) is 0 Å². The topological polar surface area (TPSA) is 195 Å². The second kappa shape index (κ2) is 11.0. The summed E-state index contributed by atoms with van der Waals surface area (Å²) in [7, 11) is 1.27. The molecule has 2 aliphatic rings. The van der Waals surface area contributed by atoms with E-state index in [1.807, 2.05) is 24.6 Å². The average Bonchev–Trinajstić information content (AvgIpc) is 3.59. The predicted molar refractivity (Wildman–Crippen MR) is 141 cm³/mol. The SMILES string of the molecule is CO/N=C(\C(=O)N[C@@H]1C(=O)N2C(C(=O)[O-])=C(C[n+]3cccc(-c4nc(SC)n[nH]4)c3)CS[C@H]12)c1csc(N)n1. The fourth-order valence-corrected chi connectivity index (χ4v) is 6.35. The van der Waals surface area contributed by atoms with Gasteiger partial charge < -0.3 is 25.8 Å². The predicted octanol–water partition coefficient (Wildman–Crippen LogP) is -1.03. The van der Waals surface area contributed by atoms with Crippen LogP contribution >= 0.6 is 34.9 Å². The molecule has 0 aliphatic carbocycles. The number of aromatic amines is 1. The number of nitrogens with one attached hydrogen (secondary N) is 2. The number of nitrogen functional groups attached to an aromatic ring is 1. The highest BCUT2D eigenvalue weighted by Crippen LogP contribution is 2.40. The summed E-state index contributed by atoms with van der Waals surface area (Å²) in [5, 5.41) is 27.3. The van der Waals surface area contributed by atoms with Gasteiger partial charge in [0.15, 0.2) is 35.6 Å². The van der Waals surface area contributed by atoms with Gasteiger partial charge in [0, 0.05) is 22.8 Å². The Balaban J connectivity index is 1.34. The quantitative estimate of drug-likeness (QED) is 0.0911. The summed E-state index contributed by atoms with van der Waals surface area (Å²) < 4.78 is 1.80. The van der Waals surface area contributed by atoms with Crippen molar-refractivity contribution in [3.8, 4) is 11.4 Å². The Morgan fingerprint density at radius 2 is 2.26 bits per heavy atom. The Kier molecular flexibility index (Phi) is 7.53. The minimum atomic E-state index is -1.47. The van der Waals surface area contributed by atoms with Gasteiger partial charge in [0.2, 0.25) is 5.16 Å². The van der Waals surface area contributed by atoms with Gasteiger partial charge in [0.25, 0.3) is 11.8 Å². The number of β-lactam (4-membered cyclic amide) rings is 1. The van der Waals surface area contributed by atoms with Crippen LogP contribution in [0, 0.1) is 0 Å². The molecule has 202 valence electrons. The summed E-state index contributed by atoms with van der Waals surface area (Å²) >= 11 is 3.87. The number of carbonyl (C=O) groups is 3. The Bertz CT molecular complexity index is 1520. The lowest BCUT2D eigenvalue weighted by atomic mass is 10.0. The highest BCUT2D eigenvalue weighted by Gasteiger charge is 2.53. The lowest BCUT2D eigenvalue weighted by Gasteiger charge is -2.50. The van der Waals surface area contributed by atoms with Gasteiger partial charge in [-0.1, -0.05) is 16.9 Å². The molecule has 5 rings (SSSR count). The Hall–Kier alpha value is -3.96. The Labute approximate surface area is 233 Å². The number of hydrogen-bond donors (Lipinski definition) is 3. The number of pyridine rings is 1. The zero-order valence-electron chi connectivity index (χ0n) is 20.5. The van der Waals surface area contributed by atoms with Crippen LogP contribution in [0.5, 0.6) is 0 Å². The smallest absolute Gasteiger partial charge is 0.276 e. The first-order chi connectivity index (χ1) is 18.8. The number of aliphatic carboxylic acids is 1. The molecule has 0 aromatic carbocycles. The van der Waals surface area contributed by atoms with Crippen molar-refractivity contribution in [3.05, 3.63) is 46.9 Å². The van der Waals surface area contributed by atoms with Crippen molar-refractivity contribution < 1.29 is 28.9 Å². The molecule has 1 saturated heterocycles. The number of thioether (sulfide) groups is 2. The van der Waals surface area contributed by atoms with Gasteiger partial charge in [0.1, 0.15) is 24.2 Å². The maximum Gasteiger partial charge on any atom is 0.276 e. The molecule has 1 fully saturated rings. The third-order valence-corrected chi connectivity index (χ3v) is 8.40. The fraction of sp³-hybridized carbons (Fsp3) is 0.273. The summed E-state index contributed by atoms with van der Waals surface area (Å²) in [5.74, 6) is -1.85. The first-order valence-electron chi connectivity index (χ1n) is 11.3. The lowest BCUT2D eigenvalue weighted by molar-refractivity contribution is -0.688. The van der Waals surface area contributed by atoms with E-state index in [4.69, 9.17) is 10.6 Å². The minimum Gasteiger partial charge on any atom is -0.543 e. The molecule has 0 spiro atoms. The second-order valence-corrected chi connectivity index (χ2v) is 11.0. The van der Waals surface area contributed by atoms with E-state index in [0.29, 0.717) is 22.3 Å². The normalized spacial score (nSPS) is 19.0. The standard InChI is InChI=1S/C22H21N9O5S3/c1-36-29-13(12-9-39-21(23)24-12)17(32)25-14-18(33)31-15(20(34)35)11(8-38-19(14)31)7-30-5-3-4-10(6-30)16-26-22(37-2)28-27-16/h3-6,9,14,19H,7-8H2,1-2H3,(H4-,23,24,25,26,27,28,32,34,35)/b29-13-/t14-,19-/m1/s1. The molecule has 39 heavy (non-hydrogen) atoms. The molecule has 5 heterocycles. The van der Waals surface area contributed by atoms with E-state index in [2.05, 4.69) is 30.6 Å². The van der Waals surface area contributed by atoms with Crippen LogP contribution < -0.4 is 20.7 Å². The number of hydrogen-bond acceptors (Lipinski definition) is 13. The van der Waals surface area contributed by atoms with Gasteiger partial charge in [-0.2, -0.15) is 0 Å². The largest absolute Gasteiger partial charge is 0.543 e. The number of amides is 2. The first-order valence-corrected chi connectivity index (χ1v) is 14.4. The number of carbonyl (C=O) groups excluding carboxylic acids is 3. The Morgan fingerprint density at radius 1 is 1.44 bits per heavy atom. The van der Waals surface area contributed by atoms with Crippen LogP contribution in [0.1, 0.15) is 5.69 Å². The zero-order chi connectivity index (χ0) is 27.7. The number of nitrogens with zero attached hydrogens (tertiary/aromatic N) is 6. The molecular formula is C22H21N9O5S3. The average molecular weight is 588 g/mol. The van der Waals surface area contributed by atoms with Crippen LogP contribution in [-0.2, 0) is 25.8 Å². The van der Waals surface area contributed by atoms with Crippen molar-refractivity contribution in [3.63, 3.8) is 0 Å². The number of nitrogens with two attached hydrogens (primary N) is 1. The van der Waals surface area contributed by atoms with Gasteiger partial charge in [0.05, 0.1) is 17.2 Å². The molecule has 0 bridgehead atoms. The van der Waals surface area contributed by atoms with E-state index >= 15 is 0 Å². The highest BCUT2D eigenvalue weighted by molar-refractivity contribution is 8.00. The molecule has 0 unspecified atom stereocenters. The van der Waals surface area contributed by atoms with Crippen LogP contribution in [0.4, 0.5) is 5.13 Å². The van der Waals surface area contributed by atoms with Crippen molar-refractivity contribution >= 4 is 63.5 Å². The van der Waals surface area contributed by atoms with Crippen LogP contribution in [0.25, 0.3) is 11.4 Å². The highest BCUT2D eigenvalue weighted by atomic mass is 32.2. The van der Waals surface area contributed by atoms with Gasteiger partial charge in [-0.15, -0.1) is 28.2 Å². The molecular weight excluding hydrogens is 567 g/mol. The number of oxime groups is 1. The summed E-state index contributed by atoms with van der Waals surface area (Å²) in [6.07, 6.45) is 5.47. The lowest BCUT2D eigenvalue weighted by Crippen LogP contribution is -2.71.